The summed E-state index contributed by atoms with van der Waals surface area (Å²) in [6.45, 7) is 5.93. The van der Waals surface area contributed by atoms with Crippen LogP contribution in [0.15, 0.2) is 18.2 Å². The molecule has 0 fully saturated rings. The number of ether oxygens (including phenoxy) is 2. The molecule has 1 aromatic rings. The second-order valence-electron chi connectivity index (χ2n) is 5.09. The molecule has 18 heavy (non-hydrogen) atoms. The van der Waals surface area contributed by atoms with Gasteiger partial charge in [-0.1, -0.05) is 11.6 Å². The summed E-state index contributed by atoms with van der Waals surface area (Å²) in [4.78, 5) is 12.2. The van der Waals surface area contributed by atoms with E-state index < -0.39 is 0 Å². The fraction of sp³-hybridized carbons (Fsp3) is 0.533. The average Bonchev–Trinajstić information content (AvgIpc) is 2.36. The summed E-state index contributed by atoms with van der Waals surface area (Å²) in [6.07, 6.45) is 1.15. The lowest BCUT2D eigenvalue weighted by Crippen LogP contribution is -2.23. The second kappa shape index (κ2) is 6.01. The van der Waals surface area contributed by atoms with Crippen molar-refractivity contribution in [2.24, 2.45) is 0 Å². The van der Waals surface area contributed by atoms with Gasteiger partial charge in [0.1, 0.15) is 5.75 Å². The van der Waals surface area contributed by atoms with Crippen LogP contribution in [0.25, 0.3) is 0 Å². The Kier molecular flexibility index (Phi) is 4.91. The fourth-order valence-corrected chi connectivity index (χ4v) is 1.69. The molecule has 0 aliphatic rings. The van der Waals surface area contributed by atoms with Gasteiger partial charge in [-0.15, -0.1) is 0 Å². The lowest BCUT2D eigenvalue weighted by Gasteiger charge is -2.22. The number of ketones is 1. The molecule has 0 saturated heterocycles. The van der Waals surface area contributed by atoms with Crippen molar-refractivity contribution in [3.8, 4) is 5.75 Å². The standard InChI is InChI=1S/C15H22O3/c1-11-6-7-14(17-4)12(10-11)13(16)8-9-15(2,3)18-5/h6-7,10H,8-9H2,1-5H3. The molecular weight excluding hydrogens is 228 g/mol. The van der Waals surface area contributed by atoms with Gasteiger partial charge in [0.05, 0.1) is 18.3 Å². The number of aryl methyl sites for hydroxylation is 1. The molecule has 1 rings (SSSR count). The van der Waals surface area contributed by atoms with Gasteiger partial charge in [-0.05, 0) is 39.3 Å². The van der Waals surface area contributed by atoms with E-state index in [4.69, 9.17) is 9.47 Å². The minimum absolute atomic E-state index is 0.0978. The highest BCUT2D eigenvalue weighted by Crippen LogP contribution is 2.24. The summed E-state index contributed by atoms with van der Waals surface area (Å²) in [5.41, 5.74) is 1.45. The number of carbonyl (C=O) groups is 1. The number of rotatable bonds is 6. The molecule has 0 aliphatic heterocycles. The Morgan fingerprint density at radius 2 is 1.94 bits per heavy atom. The van der Waals surface area contributed by atoms with Gasteiger partial charge >= 0.3 is 0 Å². The summed E-state index contributed by atoms with van der Waals surface area (Å²) in [5.74, 6) is 0.737. The monoisotopic (exact) mass is 250 g/mol. The van der Waals surface area contributed by atoms with Gasteiger partial charge in [-0.25, -0.2) is 0 Å². The van der Waals surface area contributed by atoms with E-state index in [9.17, 15) is 4.79 Å². The molecule has 3 heteroatoms. The maximum Gasteiger partial charge on any atom is 0.166 e. The first-order valence-electron chi connectivity index (χ1n) is 6.12. The van der Waals surface area contributed by atoms with E-state index in [2.05, 4.69) is 0 Å². The molecule has 0 unspecified atom stereocenters. The van der Waals surface area contributed by atoms with E-state index >= 15 is 0 Å². The zero-order valence-electron chi connectivity index (χ0n) is 11.9. The van der Waals surface area contributed by atoms with Crippen molar-refractivity contribution in [1.82, 2.24) is 0 Å². The quantitative estimate of drug-likeness (QED) is 0.726. The fourth-order valence-electron chi connectivity index (χ4n) is 1.69. The number of methoxy groups -OCH3 is 2. The molecule has 0 heterocycles. The molecule has 0 aromatic heterocycles. The van der Waals surface area contributed by atoms with Crippen LogP contribution >= 0.6 is 0 Å². The third-order valence-corrected chi connectivity index (χ3v) is 3.16. The number of hydrogen-bond donors (Lipinski definition) is 0. The van der Waals surface area contributed by atoms with Crippen LogP contribution in [0.1, 0.15) is 42.6 Å². The minimum atomic E-state index is -0.271. The highest BCUT2D eigenvalue weighted by atomic mass is 16.5. The predicted octanol–water partition coefficient (Wildman–Crippen LogP) is 3.39. The smallest absolute Gasteiger partial charge is 0.166 e. The Labute approximate surface area is 109 Å². The molecule has 1 aromatic carbocycles. The first-order valence-corrected chi connectivity index (χ1v) is 6.12. The van der Waals surface area contributed by atoms with Crippen LogP contribution in [-0.4, -0.2) is 25.6 Å². The molecule has 0 N–H and O–H groups in total. The summed E-state index contributed by atoms with van der Waals surface area (Å²) in [7, 11) is 3.25. The number of hydrogen-bond acceptors (Lipinski definition) is 3. The van der Waals surface area contributed by atoms with Gasteiger partial charge in [-0.2, -0.15) is 0 Å². The van der Waals surface area contributed by atoms with Crippen molar-refractivity contribution in [2.75, 3.05) is 14.2 Å². The first kappa shape index (κ1) is 14.7. The molecule has 0 spiro atoms. The largest absolute Gasteiger partial charge is 0.496 e. The third-order valence-electron chi connectivity index (χ3n) is 3.16. The Hall–Kier alpha value is -1.35. The van der Waals surface area contributed by atoms with Crippen LogP contribution in [0.2, 0.25) is 0 Å². The van der Waals surface area contributed by atoms with Crippen molar-refractivity contribution in [3.05, 3.63) is 29.3 Å². The van der Waals surface area contributed by atoms with Crippen molar-refractivity contribution in [1.29, 1.82) is 0 Å². The SMILES string of the molecule is COc1ccc(C)cc1C(=O)CCC(C)(C)OC. The van der Waals surface area contributed by atoms with Crippen LogP contribution in [-0.2, 0) is 4.74 Å². The van der Waals surface area contributed by atoms with Crippen molar-refractivity contribution in [3.63, 3.8) is 0 Å². The van der Waals surface area contributed by atoms with Gasteiger partial charge in [0, 0.05) is 13.5 Å². The van der Waals surface area contributed by atoms with Gasteiger partial charge in [0.25, 0.3) is 0 Å². The number of Topliss-reactive ketones (excluding diaryl/α,β-unsaturated/α-hetero) is 1. The lowest BCUT2D eigenvalue weighted by molar-refractivity contribution is 0.0141. The minimum Gasteiger partial charge on any atom is -0.496 e. The number of carbonyl (C=O) groups excluding carboxylic acids is 1. The molecule has 0 aliphatic carbocycles. The summed E-state index contributed by atoms with van der Waals surface area (Å²) in [5, 5.41) is 0. The van der Waals surface area contributed by atoms with Crippen molar-refractivity contribution in [2.45, 2.75) is 39.2 Å². The third kappa shape index (κ3) is 3.84. The van der Waals surface area contributed by atoms with Gasteiger partial charge in [0.2, 0.25) is 0 Å². The Morgan fingerprint density at radius 3 is 2.50 bits per heavy atom. The number of benzene rings is 1. The average molecular weight is 250 g/mol. The van der Waals surface area contributed by atoms with Crippen LogP contribution in [0.3, 0.4) is 0 Å². The van der Waals surface area contributed by atoms with Crippen molar-refractivity contribution >= 4 is 5.78 Å². The van der Waals surface area contributed by atoms with Crippen molar-refractivity contribution < 1.29 is 14.3 Å². The molecule has 3 nitrogen and oxygen atoms in total. The van der Waals surface area contributed by atoms with E-state index in [1.165, 1.54) is 0 Å². The molecular formula is C15H22O3. The summed E-state index contributed by atoms with van der Waals surface area (Å²) >= 11 is 0. The molecule has 0 atom stereocenters. The maximum absolute atomic E-state index is 12.2. The van der Waals surface area contributed by atoms with Crippen LogP contribution in [0, 0.1) is 6.92 Å². The van der Waals surface area contributed by atoms with Gasteiger partial charge in [-0.3, -0.25) is 4.79 Å². The van der Waals surface area contributed by atoms with Crippen LogP contribution < -0.4 is 4.74 Å². The summed E-state index contributed by atoms with van der Waals surface area (Å²) in [6, 6.07) is 5.65. The molecule has 100 valence electrons. The highest BCUT2D eigenvalue weighted by Gasteiger charge is 2.20. The zero-order chi connectivity index (χ0) is 13.8. The normalized spacial score (nSPS) is 11.4. The van der Waals surface area contributed by atoms with Crippen LogP contribution in [0.4, 0.5) is 0 Å². The van der Waals surface area contributed by atoms with E-state index in [-0.39, 0.29) is 11.4 Å². The van der Waals surface area contributed by atoms with E-state index in [0.717, 1.165) is 5.56 Å². The summed E-state index contributed by atoms with van der Waals surface area (Å²) < 4.78 is 10.5. The van der Waals surface area contributed by atoms with E-state index in [1.807, 2.05) is 39.0 Å². The zero-order valence-corrected chi connectivity index (χ0v) is 11.9. The first-order chi connectivity index (χ1) is 8.39. The predicted molar refractivity (Wildman–Crippen MR) is 72.4 cm³/mol. The Bertz CT molecular complexity index is 422. The highest BCUT2D eigenvalue weighted by molar-refractivity contribution is 5.98. The topological polar surface area (TPSA) is 35.5 Å². The second-order valence-corrected chi connectivity index (χ2v) is 5.09. The molecule has 0 amide bonds. The Morgan fingerprint density at radius 1 is 1.28 bits per heavy atom. The molecule has 0 radical (unpaired) electrons. The Balaban J connectivity index is 2.81. The van der Waals surface area contributed by atoms with E-state index in [0.29, 0.717) is 24.2 Å². The molecule has 0 bridgehead atoms. The van der Waals surface area contributed by atoms with Gasteiger partial charge in [0.15, 0.2) is 5.78 Å². The van der Waals surface area contributed by atoms with E-state index in [1.54, 1.807) is 14.2 Å². The van der Waals surface area contributed by atoms with Crippen LogP contribution in [0.5, 0.6) is 5.75 Å². The van der Waals surface area contributed by atoms with Gasteiger partial charge < -0.3 is 9.47 Å². The lowest BCUT2D eigenvalue weighted by atomic mass is 9.96. The maximum atomic E-state index is 12.2. The molecule has 0 saturated carbocycles.